The molecule has 0 saturated carbocycles. The molecule has 8 nitrogen and oxygen atoms in total. The summed E-state index contributed by atoms with van der Waals surface area (Å²) in [4.78, 5) is 37.9. The van der Waals surface area contributed by atoms with Crippen LogP contribution in [0.15, 0.2) is 48.5 Å². The summed E-state index contributed by atoms with van der Waals surface area (Å²) < 4.78 is 5.57. The van der Waals surface area contributed by atoms with Crippen LogP contribution < -0.4 is 10.6 Å². The van der Waals surface area contributed by atoms with Crippen molar-refractivity contribution in [2.45, 2.75) is 31.7 Å². The van der Waals surface area contributed by atoms with Gasteiger partial charge in [-0.15, -0.1) is 0 Å². The minimum atomic E-state index is -0.860. The molecule has 2 amide bonds. The van der Waals surface area contributed by atoms with Gasteiger partial charge in [0.15, 0.2) is 0 Å². The number of carboxylic acid groups (broad SMARTS) is 1. The molecule has 2 atom stereocenters. The topological polar surface area (TPSA) is 108 Å². The first-order chi connectivity index (χ1) is 16.3. The quantitative estimate of drug-likeness (QED) is 0.469. The van der Waals surface area contributed by atoms with Crippen LogP contribution in [0.25, 0.3) is 11.1 Å². The predicted octanol–water partition coefficient (Wildman–Crippen LogP) is 3.07. The molecule has 3 N–H and O–H groups in total. The van der Waals surface area contributed by atoms with Crippen LogP contribution in [0.1, 0.15) is 36.8 Å². The van der Waals surface area contributed by atoms with Gasteiger partial charge in [-0.2, -0.15) is 0 Å². The van der Waals surface area contributed by atoms with Gasteiger partial charge in [0.25, 0.3) is 0 Å². The monoisotopic (exact) mass is 467 g/mol. The molecule has 8 heteroatoms. The third kappa shape index (κ3) is 6.57. The van der Waals surface area contributed by atoms with Crippen LogP contribution in [0.2, 0.25) is 0 Å². The van der Waals surface area contributed by atoms with E-state index in [0.717, 1.165) is 22.3 Å². The summed E-state index contributed by atoms with van der Waals surface area (Å²) in [5.41, 5.74) is 4.53. The molecule has 0 fully saturated rings. The van der Waals surface area contributed by atoms with Crippen LogP contribution >= 0.6 is 0 Å². The molecule has 0 aromatic heterocycles. The Labute approximate surface area is 200 Å². The Morgan fingerprint density at radius 1 is 1.03 bits per heavy atom. The Morgan fingerprint density at radius 3 is 2.18 bits per heavy atom. The summed E-state index contributed by atoms with van der Waals surface area (Å²) in [6.45, 7) is 2.64. The molecule has 0 spiro atoms. The number of likely N-dealkylation sites (N-methyl/N-ethyl adjacent to an activating group) is 1. The van der Waals surface area contributed by atoms with E-state index in [1.165, 1.54) is 0 Å². The summed E-state index contributed by atoms with van der Waals surface area (Å²) in [6.07, 6.45) is -0.0600. The van der Waals surface area contributed by atoms with Gasteiger partial charge in [-0.1, -0.05) is 55.5 Å². The number of benzene rings is 2. The van der Waals surface area contributed by atoms with Crippen molar-refractivity contribution >= 4 is 18.0 Å². The van der Waals surface area contributed by atoms with E-state index >= 15 is 0 Å². The molecular formula is C26H33N3O5. The highest BCUT2D eigenvalue weighted by Crippen LogP contribution is 2.44. The van der Waals surface area contributed by atoms with E-state index < -0.39 is 18.1 Å². The highest BCUT2D eigenvalue weighted by Gasteiger charge is 2.30. The molecule has 34 heavy (non-hydrogen) atoms. The van der Waals surface area contributed by atoms with Crippen LogP contribution in [-0.2, 0) is 14.3 Å². The molecule has 0 aliphatic heterocycles. The minimum Gasteiger partial charge on any atom is -0.481 e. The Kier molecular flexibility index (Phi) is 8.65. The number of carboxylic acids is 1. The van der Waals surface area contributed by atoms with Crippen molar-refractivity contribution in [3.05, 3.63) is 59.7 Å². The molecule has 3 rings (SSSR count). The molecule has 0 saturated heterocycles. The van der Waals surface area contributed by atoms with Crippen LogP contribution in [0, 0.1) is 5.92 Å². The molecule has 0 radical (unpaired) electrons. The number of alkyl carbamates (subject to hydrolysis) is 1. The Bertz CT molecular complexity index is 978. The second-order valence-corrected chi connectivity index (χ2v) is 9.07. The highest BCUT2D eigenvalue weighted by atomic mass is 16.5. The zero-order valence-corrected chi connectivity index (χ0v) is 19.9. The van der Waals surface area contributed by atoms with Crippen LogP contribution in [0.4, 0.5) is 4.79 Å². The summed E-state index contributed by atoms with van der Waals surface area (Å²) in [5, 5.41) is 14.3. The van der Waals surface area contributed by atoms with Crippen molar-refractivity contribution in [2.24, 2.45) is 5.92 Å². The summed E-state index contributed by atoms with van der Waals surface area (Å²) >= 11 is 0. The van der Waals surface area contributed by atoms with Crippen LogP contribution in [0.5, 0.6) is 0 Å². The molecule has 2 unspecified atom stereocenters. The van der Waals surface area contributed by atoms with Crippen LogP contribution in [-0.4, -0.2) is 67.8 Å². The van der Waals surface area contributed by atoms with E-state index in [0.29, 0.717) is 19.5 Å². The lowest BCUT2D eigenvalue weighted by molar-refractivity contribution is -0.138. The molecule has 1 aliphatic carbocycles. The second-order valence-electron chi connectivity index (χ2n) is 9.07. The molecule has 1 aliphatic rings. The second kappa shape index (κ2) is 11.7. The van der Waals surface area contributed by atoms with Gasteiger partial charge in [0.2, 0.25) is 5.91 Å². The van der Waals surface area contributed by atoms with E-state index in [1.54, 1.807) is 4.90 Å². The Morgan fingerprint density at radius 2 is 1.62 bits per heavy atom. The fourth-order valence-electron chi connectivity index (χ4n) is 4.31. The number of aliphatic carboxylic acids is 1. The van der Waals surface area contributed by atoms with E-state index in [2.05, 4.69) is 34.9 Å². The summed E-state index contributed by atoms with van der Waals surface area (Å²) in [7, 11) is 3.63. The number of carbonyl (C=O) groups excluding carboxylic acids is 2. The average molecular weight is 468 g/mol. The molecule has 0 heterocycles. The van der Waals surface area contributed by atoms with E-state index in [1.807, 2.05) is 45.3 Å². The van der Waals surface area contributed by atoms with Gasteiger partial charge in [0.05, 0.1) is 0 Å². The van der Waals surface area contributed by atoms with Crippen molar-refractivity contribution in [2.75, 3.05) is 33.8 Å². The third-order valence-electron chi connectivity index (χ3n) is 5.96. The molecule has 2 aromatic rings. The smallest absolute Gasteiger partial charge is 0.407 e. The van der Waals surface area contributed by atoms with Gasteiger partial charge in [-0.05, 0) is 48.7 Å². The average Bonchev–Trinajstić information content (AvgIpc) is 3.10. The number of nitrogens with one attached hydrogen (secondary N) is 2. The number of nitrogens with zero attached hydrogens (tertiary/aromatic N) is 1. The number of ether oxygens (including phenoxy) is 1. The number of rotatable bonds is 11. The van der Waals surface area contributed by atoms with E-state index in [-0.39, 0.29) is 30.8 Å². The number of fused-ring (bicyclic) bond motifs is 3. The third-order valence-corrected chi connectivity index (χ3v) is 5.96. The first-order valence-corrected chi connectivity index (χ1v) is 11.5. The number of hydrogen-bond donors (Lipinski definition) is 3. The Hall–Kier alpha value is -3.39. The van der Waals surface area contributed by atoms with Crippen LogP contribution in [0.3, 0.4) is 0 Å². The minimum absolute atomic E-state index is 0.0506. The first kappa shape index (κ1) is 25.2. The molecule has 0 bridgehead atoms. The standard InChI is InChI=1S/C26H33N3O5/c1-17(14-24(30)31)12-13-27-25(32)23(15-29(2)3)28-26(33)34-16-22-20-10-6-4-8-18(20)19-9-5-7-11-21(19)22/h4-11,17,22-23H,12-16H2,1-3H3,(H,27,32)(H,28,33)(H,30,31). The lowest BCUT2D eigenvalue weighted by Crippen LogP contribution is -2.52. The fraction of sp³-hybridized carbons (Fsp3) is 0.423. The number of hydrogen-bond acceptors (Lipinski definition) is 5. The summed E-state index contributed by atoms with van der Waals surface area (Å²) in [6, 6.07) is 15.4. The maximum Gasteiger partial charge on any atom is 0.407 e. The number of carbonyl (C=O) groups is 3. The predicted molar refractivity (Wildman–Crippen MR) is 130 cm³/mol. The largest absolute Gasteiger partial charge is 0.481 e. The van der Waals surface area contributed by atoms with Gasteiger partial charge in [-0.3, -0.25) is 9.59 Å². The van der Waals surface area contributed by atoms with E-state index in [9.17, 15) is 14.4 Å². The zero-order chi connectivity index (χ0) is 24.7. The fourth-order valence-corrected chi connectivity index (χ4v) is 4.31. The molecule has 2 aromatic carbocycles. The highest BCUT2D eigenvalue weighted by molar-refractivity contribution is 5.86. The SMILES string of the molecule is CC(CCNC(=O)C(CN(C)C)NC(=O)OCC1c2ccccc2-c2ccccc21)CC(=O)O. The van der Waals surface area contributed by atoms with Crippen molar-refractivity contribution in [3.63, 3.8) is 0 Å². The van der Waals surface area contributed by atoms with Gasteiger partial charge in [0.1, 0.15) is 12.6 Å². The normalized spacial score (nSPS) is 14.1. The maximum atomic E-state index is 12.7. The van der Waals surface area contributed by atoms with Crippen molar-refractivity contribution in [3.8, 4) is 11.1 Å². The van der Waals surface area contributed by atoms with Crippen molar-refractivity contribution in [1.82, 2.24) is 15.5 Å². The van der Waals surface area contributed by atoms with Crippen molar-refractivity contribution < 1.29 is 24.2 Å². The van der Waals surface area contributed by atoms with Gasteiger partial charge >= 0.3 is 12.1 Å². The lowest BCUT2D eigenvalue weighted by atomic mass is 9.98. The van der Waals surface area contributed by atoms with Crippen molar-refractivity contribution in [1.29, 1.82) is 0 Å². The first-order valence-electron chi connectivity index (χ1n) is 11.5. The summed E-state index contributed by atoms with van der Waals surface area (Å²) in [5.74, 6) is -1.30. The van der Waals surface area contributed by atoms with Gasteiger partial charge < -0.3 is 25.4 Å². The molecule has 182 valence electrons. The van der Waals surface area contributed by atoms with Gasteiger partial charge in [0, 0.05) is 25.4 Å². The zero-order valence-electron chi connectivity index (χ0n) is 19.9. The lowest BCUT2D eigenvalue weighted by Gasteiger charge is -2.22. The van der Waals surface area contributed by atoms with E-state index in [4.69, 9.17) is 9.84 Å². The number of amides is 2. The molecular weight excluding hydrogens is 434 g/mol. The Balaban J connectivity index is 1.57. The van der Waals surface area contributed by atoms with Gasteiger partial charge in [-0.25, -0.2) is 4.79 Å². The maximum absolute atomic E-state index is 12.7.